The lowest BCUT2D eigenvalue weighted by Gasteiger charge is -2.33. The lowest BCUT2D eigenvalue weighted by Crippen LogP contribution is -2.45. The summed E-state index contributed by atoms with van der Waals surface area (Å²) in [7, 11) is 0. The van der Waals surface area contributed by atoms with Gasteiger partial charge in [-0.05, 0) is 12.8 Å². The molecule has 1 aliphatic rings. The minimum Gasteiger partial charge on any atom is -0.393 e. The number of nitrogens with zero attached hydrogens (tertiary/aromatic N) is 1. The lowest BCUT2D eigenvalue weighted by atomic mass is 9.97. The summed E-state index contributed by atoms with van der Waals surface area (Å²) in [6.07, 6.45) is -3.93. The standard InChI is InChI=1S/C9H13F3N2OS/c10-9(11,12)6-2-1-3-14(5-6)8(15)4-7(13)16/h6H,1-5H2,(H2,13,16). The number of thiocarbonyl (C=S) groups is 1. The van der Waals surface area contributed by atoms with Crippen LogP contribution in [-0.2, 0) is 4.79 Å². The van der Waals surface area contributed by atoms with Gasteiger partial charge in [-0.25, -0.2) is 0 Å². The van der Waals surface area contributed by atoms with E-state index in [9.17, 15) is 18.0 Å². The Kier molecular flexibility index (Phi) is 4.12. The van der Waals surface area contributed by atoms with Crippen LogP contribution in [0, 0.1) is 5.92 Å². The van der Waals surface area contributed by atoms with Crippen LogP contribution in [0.4, 0.5) is 13.2 Å². The zero-order valence-electron chi connectivity index (χ0n) is 8.59. The molecule has 1 amide bonds. The number of rotatable bonds is 2. The minimum atomic E-state index is -4.23. The molecule has 3 nitrogen and oxygen atoms in total. The Morgan fingerprint density at radius 3 is 2.62 bits per heavy atom. The van der Waals surface area contributed by atoms with Gasteiger partial charge in [0, 0.05) is 13.1 Å². The Morgan fingerprint density at radius 2 is 2.12 bits per heavy atom. The van der Waals surface area contributed by atoms with E-state index in [0.717, 1.165) is 0 Å². The predicted molar refractivity (Wildman–Crippen MR) is 56.8 cm³/mol. The molecule has 1 unspecified atom stereocenters. The minimum absolute atomic E-state index is 0.0131. The number of hydrogen-bond acceptors (Lipinski definition) is 2. The Hall–Kier alpha value is -0.850. The number of carbonyl (C=O) groups is 1. The maximum Gasteiger partial charge on any atom is 0.393 e. The summed E-state index contributed by atoms with van der Waals surface area (Å²) in [5.41, 5.74) is 5.18. The van der Waals surface area contributed by atoms with E-state index in [1.54, 1.807) is 0 Å². The van der Waals surface area contributed by atoms with Gasteiger partial charge in [-0.15, -0.1) is 0 Å². The second kappa shape index (κ2) is 4.99. The number of piperidine rings is 1. The maximum absolute atomic E-state index is 12.5. The molecule has 1 fully saturated rings. The molecule has 0 spiro atoms. The predicted octanol–water partition coefficient (Wildman–Crippen LogP) is 1.46. The first-order valence-electron chi connectivity index (χ1n) is 4.93. The van der Waals surface area contributed by atoms with Gasteiger partial charge in [0.15, 0.2) is 0 Å². The lowest BCUT2D eigenvalue weighted by molar-refractivity contribution is -0.187. The van der Waals surface area contributed by atoms with Gasteiger partial charge in [-0.3, -0.25) is 4.79 Å². The Bertz CT molecular complexity index is 293. The van der Waals surface area contributed by atoms with E-state index in [4.69, 9.17) is 5.73 Å². The number of alkyl halides is 3. The third-order valence-electron chi connectivity index (χ3n) is 2.56. The zero-order chi connectivity index (χ0) is 12.3. The highest BCUT2D eigenvalue weighted by atomic mass is 32.1. The van der Waals surface area contributed by atoms with Gasteiger partial charge in [0.2, 0.25) is 5.91 Å². The van der Waals surface area contributed by atoms with Crippen LogP contribution in [0.15, 0.2) is 0 Å². The summed E-state index contributed by atoms with van der Waals surface area (Å²) in [6.45, 7) is 0.0823. The molecule has 1 atom stereocenters. The molecule has 1 saturated heterocycles. The topological polar surface area (TPSA) is 46.3 Å². The Balaban J connectivity index is 2.57. The molecule has 0 aliphatic carbocycles. The van der Waals surface area contributed by atoms with Crippen molar-refractivity contribution in [3.05, 3.63) is 0 Å². The second-order valence-electron chi connectivity index (χ2n) is 3.86. The van der Waals surface area contributed by atoms with Gasteiger partial charge >= 0.3 is 6.18 Å². The normalized spacial score (nSPS) is 21.9. The van der Waals surface area contributed by atoms with Crippen LogP contribution in [0.25, 0.3) is 0 Å². The molecule has 0 aromatic heterocycles. The van der Waals surface area contributed by atoms with Crippen molar-refractivity contribution in [1.29, 1.82) is 0 Å². The molecular weight excluding hydrogens is 241 g/mol. The number of carbonyl (C=O) groups excluding carboxylic acids is 1. The maximum atomic E-state index is 12.5. The van der Waals surface area contributed by atoms with Crippen molar-refractivity contribution in [3.8, 4) is 0 Å². The van der Waals surface area contributed by atoms with Crippen molar-refractivity contribution in [3.63, 3.8) is 0 Å². The van der Waals surface area contributed by atoms with Crippen molar-refractivity contribution >= 4 is 23.1 Å². The number of hydrogen-bond donors (Lipinski definition) is 1. The first kappa shape index (κ1) is 13.2. The van der Waals surface area contributed by atoms with E-state index >= 15 is 0 Å². The zero-order valence-corrected chi connectivity index (χ0v) is 9.40. The molecule has 0 bridgehead atoms. The summed E-state index contributed by atoms with van der Waals surface area (Å²) >= 11 is 4.55. The number of nitrogens with two attached hydrogens (primary N) is 1. The summed E-state index contributed by atoms with van der Waals surface area (Å²) in [5.74, 6) is -1.84. The van der Waals surface area contributed by atoms with Crippen molar-refractivity contribution in [2.45, 2.75) is 25.4 Å². The molecule has 1 rings (SSSR count). The fourth-order valence-corrected chi connectivity index (χ4v) is 1.86. The van der Waals surface area contributed by atoms with Gasteiger partial charge in [0.05, 0.1) is 17.3 Å². The van der Waals surface area contributed by atoms with Crippen molar-refractivity contribution < 1.29 is 18.0 Å². The second-order valence-corrected chi connectivity index (χ2v) is 4.39. The number of halogens is 3. The first-order valence-corrected chi connectivity index (χ1v) is 5.34. The highest BCUT2D eigenvalue weighted by molar-refractivity contribution is 7.80. The van der Waals surface area contributed by atoms with Gasteiger partial charge in [-0.1, -0.05) is 12.2 Å². The van der Waals surface area contributed by atoms with Gasteiger partial charge in [0.1, 0.15) is 0 Å². The third kappa shape index (κ3) is 3.62. The highest BCUT2D eigenvalue weighted by Gasteiger charge is 2.42. The molecule has 1 heterocycles. The van der Waals surface area contributed by atoms with Crippen LogP contribution in [0.3, 0.4) is 0 Å². The fourth-order valence-electron chi connectivity index (χ4n) is 1.73. The molecular formula is C9H13F3N2OS. The molecule has 16 heavy (non-hydrogen) atoms. The summed E-state index contributed by atoms with van der Waals surface area (Å²) in [6, 6.07) is 0. The van der Waals surface area contributed by atoms with Crippen LogP contribution >= 0.6 is 12.2 Å². The third-order valence-corrected chi connectivity index (χ3v) is 2.71. The molecule has 0 radical (unpaired) electrons. The molecule has 0 aromatic rings. The smallest absolute Gasteiger partial charge is 0.393 e. The molecule has 7 heteroatoms. The summed E-state index contributed by atoms with van der Waals surface area (Å²) in [5, 5.41) is 0. The molecule has 2 N–H and O–H groups in total. The monoisotopic (exact) mass is 254 g/mol. The SMILES string of the molecule is NC(=S)CC(=O)N1CCCC(C(F)(F)F)C1. The van der Waals surface area contributed by atoms with Crippen molar-refractivity contribution in [1.82, 2.24) is 4.90 Å². The summed E-state index contributed by atoms with van der Waals surface area (Å²) < 4.78 is 37.4. The van der Waals surface area contributed by atoms with E-state index in [2.05, 4.69) is 12.2 Å². The van der Waals surface area contributed by atoms with Gasteiger partial charge in [-0.2, -0.15) is 13.2 Å². The van der Waals surface area contributed by atoms with Crippen LogP contribution in [0.1, 0.15) is 19.3 Å². The van der Waals surface area contributed by atoms with Crippen molar-refractivity contribution in [2.24, 2.45) is 11.7 Å². The van der Waals surface area contributed by atoms with Crippen molar-refractivity contribution in [2.75, 3.05) is 13.1 Å². The molecule has 1 aliphatic heterocycles. The average molecular weight is 254 g/mol. The van der Waals surface area contributed by atoms with Crippen LogP contribution in [0.5, 0.6) is 0 Å². The van der Waals surface area contributed by atoms with E-state index in [1.807, 2.05) is 0 Å². The van der Waals surface area contributed by atoms with E-state index in [0.29, 0.717) is 13.0 Å². The highest BCUT2D eigenvalue weighted by Crippen LogP contribution is 2.33. The van der Waals surface area contributed by atoms with E-state index < -0.39 is 18.0 Å². The first-order chi connectivity index (χ1) is 7.30. The van der Waals surface area contributed by atoms with Crippen LogP contribution in [-0.4, -0.2) is 35.1 Å². The quantitative estimate of drug-likeness (QED) is 0.759. The van der Waals surface area contributed by atoms with Crippen LogP contribution < -0.4 is 5.73 Å². The average Bonchev–Trinajstić information content (AvgIpc) is 2.15. The Labute approximate surface area is 96.8 Å². The van der Waals surface area contributed by atoms with Crippen LogP contribution in [0.2, 0.25) is 0 Å². The Morgan fingerprint density at radius 1 is 1.50 bits per heavy atom. The van der Waals surface area contributed by atoms with Gasteiger partial charge < -0.3 is 10.6 Å². The summed E-state index contributed by atoms with van der Waals surface area (Å²) in [4.78, 5) is 12.7. The molecule has 0 saturated carbocycles. The number of likely N-dealkylation sites (tertiary alicyclic amines) is 1. The largest absolute Gasteiger partial charge is 0.393 e. The van der Waals surface area contributed by atoms with E-state index in [-0.39, 0.29) is 24.4 Å². The molecule has 92 valence electrons. The molecule has 0 aromatic carbocycles. The number of amides is 1. The van der Waals surface area contributed by atoms with E-state index in [1.165, 1.54) is 4.90 Å². The fraction of sp³-hybridized carbons (Fsp3) is 0.778. The van der Waals surface area contributed by atoms with Gasteiger partial charge in [0.25, 0.3) is 0 Å².